The molecule has 0 radical (unpaired) electrons. The smallest absolute Gasteiger partial charge is 0.277 e. The van der Waals surface area contributed by atoms with Crippen molar-refractivity contribution in [2.75, 3.05) is 5.32 Å². The number of hydrogen-bond donors (Lipinski definition) is 1. The Morgan fingerprint density at radius 2 is 1.71 bits per heavy atom. The van der Waals surface area contributed by atoms with Crippen LogP contribution in [0.15, 0.2) is 47.1 Å². The number of hydrogen-bond acceptors (Lipinski definition) is 3. The number of oxazole rings is 1. The summed E-state index contributed by atoms with van der Waals surface area (Å²) < 4.78 is 5.33. The van der Waals surface area contributed by atoms with Crippen LogP contribution in [0.2, 0.25) is 20.1 Å². The molecule has 0 aliphatic rings. The maximum atomic E-state index is 12.3. The summed E-state index contributed by atoms with van der Waals surface area (Å²) in [6.45, 7) is 0. The van der Waals surface area contributed by atoms with Gasteiger partial charge in [0.1, 0.15) is 6.26 Å². The lowest BCUT2D eigenvalue weighted by molar-refractivity contribution is 0.102. The fourth-order valence-electron chi connectivity index (χ4n) is 1.92. The van der Waals surface area contributed by atoms with E-state index in [1.165, 1.54) is 6.26 Å². The molecule has 0 aliphatic carbocycles. The zero-order chi connectivity index (χ0) is 17.3. The van der Waals surface area contributed by atoms with Crippen LogP contribution in [0.1, 0.15) is 10.5 Å². The summed E-state index contributed by atoms with van der Waals surface area (Å²) in [7, 11) is 0. The minimum Gasteiger partial charge on any atom is -0.444 e. The Bertz CT molecular complexity index is 924. The minimum atomic E-state index is -0.478. The number of aromatic nitrogens is 1. The maximum absolute atomic E-state index is 12.3. The number of carbonyl (C=O) groups is 1. The highest BCUT2D eigenvalue weighted by atomic mass is 35.5. The molecule has 2 aromatic carbocycles. The van der Waals surface area contributed by atoms with Gasteiger partial charge in [-0.2, -0.15) is 0 Å². The van der Waals surface area contributed by atoms with E-state index in [-0.39, 0.29) is 11.6 Å². The van der Waals surface area contributed by atoms with Gasteiger partial charge in [0.15, 0.2) is 5.69 Å². The van der Waals surface area contributed by atoms with Gasteiger partial charge in [-0.05, 0) is 36.4 Å². The van der Waals surface area contributed by atoms with Gasteiger partial charge in [0, 0.05) is 10.6 Å². The van der Waals surface area contributed by atoms with Gasteiger partial charge in [0.25, 0.3) is 5.91 Å². The molecule has 24 heavy (non-hydrogen) atoms. The molecule has 1 amide bonds. The second kappa shape index (κ2) is 7.03. The highest BCUT2D eigenvalue weighted by Crippen LogP contribution is 2.29. The Hall–Kier alpha value is -1.72. The van der Waals surface area contributed by atoms with Crippen LogP contribution in [0, 0.1) is 0 Å². The van der Waals surface area contributed by atoms with E-state index in [1.807, 2.05) is 0 Å². The average Bonchev–Trinajstić information content (AvgIpc) is 3.03. The molecule has 3 rings (SSSR count). The molecule has 0 spiro atoms. The van der Waals surface area contributed by atoms with Gasteiger partial charge in [-0.3, -0.25) is 4.79 Å². The fourth-order valence-corrected chi connectivity index (χ4v) is 2.55. The normalized spacial score (nSPS) is 10.7. The van der Waals surface area contributed by atoms with Crippen LogP contribution in [0.3, 0.4) is 0 Å². The summed E-state index contributed by atoms with van der Waals surface area (Å²) in [6.07, 6.45) is 1.24. The lowest BCUT2D eigenvalue weighted by atomic mass is 10.2. The van der Waals surface area contributed by atoms with Crippen LogP contribution >= 0.6 is 46.4 Å². The summed E-state index contributed by atoms with van der Waals surface area (Å²) in [5, 5.41) is 4.22. The number of benzene rings is 2. The van der Waals surface area contributed by atoms with E-state index in [0.29, 0.717) is 31.3 Å². The predicted molar refractivity (Wildman–Crippen MR) is 96.4 cm³/mol. The van der Waals surface area contributed by atoms with Crippen LogP contribution in [0.4, 0.5) is 5.69 Å². The third-order valence-electron chi connectivity index (χ3n) is 3.08. The summed E-state index contributed by atoms with van der Waals surface area (Å²) >= 11 is 23.7. The van der Waals surface area contributed by atoms with E-state index >= 15 is 0 Å². The number of halogens is 4. The molecule has 0 unspecified atom stereocenters. The van der Waals surface area contributed by atoms with Gasteiger partial charge >= 0.3 is 0 Å². The Labute approximate surface area is 157 Å². The van der Waals surface area contributed by atoms with E-state index in [2.05, 4.69) is 10.3 Å². The van der Waals surface area contributed by atoms with Crippen molar-refractivity contribution in [2.24, 2.45) is 0 Å². The number of nitrogens with one attached hydrogen (secondary N) is 1. The fraction of sp³-hybridized carbons (Fsp3) is 0. The summed E-state index contributed by atoms with van der Waals surface area (Å²) in [5.74, 6) is -0.231. The van der Waals surface area contributed by atoms with Crippen molar-refractivity contribution < 1.29 is 9.21 Å². The third kappa shape index (κ3) is 3.68. The molecule has 1 heterocycles. The summed E-state index contributed by atoms with van der Waals surface area (Å²) in [5.41, 5.74) is 1.07. The van der Waals surface area contributed by atoms with Gasteiger partial charge in [-0.15, -0.1) is 0 Å². The second-order valence-corrected chi connectivity index (χ2v) is 6.40. The molecule has 122 valence electrons. The van der Waals surface area contributed by atoms with Crippen molar-refractivity contribution in [3.05, 3.63) is 68.4 Å². The number of anilines is 1. The number of carbonyl (C=O) groups excluding carboxylic acids is 1. The van der Waals surface area contributed by atoms with Crippen molar-refractivity contribution in [3.63, 3.8) is 0 Å². The van der Waals surface area contributed by atoms with E-state index < -0.39 is 5.91 Å². The first-order valence-electron chi connectivity index (χ1n) is 6.61. The number of rotatable bonds is 3. The third-order valence-corrected chi connectivity index (χ3v) is 4.38. The molecule has 0 fully saturated rings. The van der Waals surface area contributed by atoms with Crippen molar-refractivity contribution in [1.29, 1.82) is 0 Å². The highest BCUT2D eigenvalue weighted by molar-refractivity contribution is 6.42. The van der Waals surface area contributed by atoms with Crippen LogP contribution in [-0.2, 0) is 0 Å². The lowest BCUT2D eigenvalue weighted by Crippen LogP contribution is -2.12. The van der Waals surface area contributed by atoms with Crippen molar-refractivity contribution in [3.8, 4) is 11.5 Å². The Morgan fingerprint density at radius 3 is 2.46 bits per heavy atom. The van der Waals surface area contributed by atoms with Crippen LogP contribution in [0.25, 0.3) is 11.5 Å². The topological polar surface area (TPSA) is 55.1 Å². The van der Waals surface area contributed by atoms with E-state index in [0.717, 1.165) is 0 Å². The SMILES string of the molecule is O=C(Nc1cc(Cl)ccc1Cl)c1coc(-c2ccc(Cl)c(Cl)c2)n1. The number of amides is 1. The van der Waals surface area contributed by atoms with Crippen LogP contribution in [0.5, 0.6) is 0 Å². The van der Waals surface area contributed by atoms with E-state index in [1.54, 1.807) is 36.4 Å². The van der Waals surface area contributed by atoms with E-state index in [4.69, 9.17) is 50.8 Å². The molecule has 0 atom stereocenters. The van der Waals surface area contributed by atoms with Crippen molar-refractivity contribution >= 4 is 58.0 Å². The second-order valence-electron chi connectivity index (χ2n) is 4.75. The molecule has 0 saturated carbocycles. The first-order valence-corrected chi connectivity index (χ1v) is 8.12. The van der Waals surface area contributed by atoms with Crippen LogP contribution < -0.4 is 5.32 Å². The lowest BCUT2D eigenvalue weighted by Gasteiger charge is -2.05. The van der Waals surface area contributed by atoms with Gasteiger partial charge in [-0.1, -0.05) is 46.4 Å². The highest BCUT2D eigenvalue weighted by Gasteiger charge is 2.15. The average molecular weight is 402 g/mol. The molecule has 1 aromatic heterocycles. The van der Waals surface area contributed by atoms with Gasteiger partial charge in [0.05, 0.1) is 20.8 Å². The maximum Gasteiger partial charge on any atom is 0.277 e. The Morgan fingerprint density at radius 1 is 0.958 bits per heavy atom. The van der Waals surface area contributed by atoms with Gasteiger partial charge in [-0.25, -0.2) is 4.98 Å². The van der Waals surface area contributed by atoms with Crippen LogP contribution in [-0.4, -0.2) is 10.9 Å². The zero-order valence-electron chi connectivity index (χ0n) is 11.8. The van der Waals surface area contributed by atoms with Crippen molar-refractivity contribution in [1.82, 2.24) is 4.98 Å². The predicted octanol–water partition coefficient (Wildman–Crippen LogP) is 6.21. The molecule has 0 bridgehead atoms. The molecule has 0 aliphatic heterocycles. The first kappa shape index (κ1) is 17.1. The largest absolute Gasteiger partial charge is 0.444 e. The molecular weight excluding hydrogens is 394 g/mol. The number of nitrogens with zero attached hydrogens (tertiary/aromatic N) is 1. The summed E-state index contributed by atoms with van der Waals surface area (Å²) in [6, 6.07) is 9.67. The van der Waals surface area contributed by atoms with E-state index in [9.17, 15) is 4.79 Å². The quantitative estimate of drug-likeness (QED) is 0.567. The summed E-state index contributed by atoms with van der Waals surface area (Å²) in [4.78, 5) is 16.4. The van der Waals surface area contributed by atoms with Gasteiger partial charge < -0.3 is 9.73 Å². The zero-order valence-corrected chi connectivity index (χ0v) is 14.8. The first-order chi connectivity index (χ1) is 11.4. The molecule has 0 saturated heterocycles. The Kier molecular flexibility index (Phi) is 5.01. The molecule has 1 N–H and O–H groups in total. The monoisotopic (exact) mass is 400 g/mol. The molecular formula is C16H8Cl4N2O2. The molecule has 8 heteroatoms. The Balaban J connectivity index is 1.83. The van der Waals surface area contributed by atoms with Crippen molar-refractivity contribution in [2.45, 2.75) is 0 Å². The van der Waals surface area contributed by atoms with Gasteiger partial charge in [0.2, 0.25) is 5.89 Å². The minimum absolute atomic E-state index is 0.0899. The molecule has 4 nitrogen and oxygen atoms in total. The standard InChI is InChI=1S/C16H8Cl4N2O2/c17-9-2-4-11(19)13(6-9)21-15(23)14-7-24-16(22-14)8-1-3-10(18)12(20)5-8/h1-7H,(H,21,23). The molecule has 3 aromatic rings.